The van der Waals surface area contributed by atoms with Crippen LogP contribution in [0.5, 0.6) is 0 Å². The van der Waals surface area contributed by atoms with E-state index in [-0.39, 0.29) is 5.56 Å². The van der Waals surface area contributed by atoms with E-state index in [1.54, 1.807) is 6.92 Å². The van der Waals surface area contributed by atoms with E-state index in [0.717, 1.165) is 16.5 Å². The van der Waals surface area contributed by atoms with Crippen molar-refractivity contribution in [3.05, 3.63) is 70.4 Å². The van der Waals surface area contributed by atoms with Crippen molar-refractivity contribution >= 4 is 10.9 Å². The van der Waals surface area contributed by atoms with Crippen molar-refractivity contribution in [1.82, 2.24) is 9.88 Å². The van der Waals surface area contributed by atoms with E-state index in [2.05, 4.69) is 4.98 Å². The first kappa shape index (κ1) is 17.1. The van der Waals surface area contributed by atoms with Crippen molar-refractivity contribution < 1.29 is 17.6 Å². The van der Waals surface area contributed by atoms with Crippen LogP contribution in [0.2, 0.25) is 0 Å². The van der Waals surface area contributed by atoms with Crippen LogP contribution in [0.3, 0.4) is 0 Å². The fourth-order valence-electron chi connectivity index (χ4n) is 3.96. The molecule has 26 heavy (non-hydrogen) atoms. The Morgan fingerprint density at radius 1 is 1.15 bits per heavy atom. The first-order valence-electron chi connectivity index (χ1n) is 8.53. The molecule has 2 nitrogen and oxygen atoms in total. The summed E-state index contributed by atoms with van der Waals surface area (Å²) in [6, 6.07) is 9.16. The van der Waals surface area contributed by atoms with Crippen LogP contribution >= 0.6 is 0 Å². The largest absolute Gasteiger partial charge is 0.357 e. The molecule has 0 saturated heterocycles. The van der Waals surface area contributed by atoms with Gasteiger partial charge < -0.3 is 4.98 Å². The third-order valence-corrected chi connectivity index (χ3v) is 5.00. The third kappa shape index (κ3) is 2.78. The normalized spacial score (nSPS) is 17.8. The van der Waals surface area contributed by atoms with E-state index in [1.165, 1.54) is 17.0 Å². The lowest BCUT2D eigenvalue weighted by molar-refractivity contribution is 0.0679. The Bertz CT molecular complexity index is 941. The van der Waals surface area contributed by atoms with E-state index in [1.807, 2.05) is 24.3 Å². The second-order valence-electron chi connectivity index (χ2n) is 6.74. The summed E-state index contributed by atoms with van der Waals surface area (Å²) in [4.78, 5) is 4.67. The van der Waals surface area contributed by atoms with Crippen molar-refractivity contribution in [2.24, 2.45) is 0 Å². The molecule has 1 aliphatic heterocycles. The molecule has 2 heterocycles. The quantitative estimate of drug-likeness (QED) is 0.652. The molecule has 6 heteroatoms. The molecular formula is C20H18F4N2. The van der Waals surface area contributed by atoms with Gasteiger partial charge in [0.2, 0.25) is 0 Å². The molecule has 1 aliphatic rings. The first-order chi connectivity index (χ1) is 12.5. The topological polar surface area (TPSA) is 19.0 Å². The van der Waals surface area contributed by atoms with Gasteiger partial charge >= 0.3 is 0 Å². The Kier molecular flexibility index (Phi) is 4.23. The van der Waals surface area contributed by atoms with Crippen molar-refractivity contribution in [3.63, 3.8) is 0 Å². The number of H-pyrrole nitrogens is 1. The van der Waals surface area contributed by atoms with E-state index < -0.39 is 30.6 Å². The summed E-state index contributed by atoms with van der Waals surface area (Å²) in [6.45, 7) is 1.38. The second-order valence-corrected chi connectivity index (χ2v) is 6.74. The molecule has 1 atom stereocenters. The lowest BCUT2D eigenvalue weighted by atomic mass is 9.91. The molecule has 3 aromatic rings. The van der Waals surface area contributed by atoms with Crippen LogP contribution < -0.4 is 0 Å². The number of hydrogen-bond donors (Lipinski definition) is 1. The van der Waals surface area contributed by atoms with Crippen LogP contribution in [0.4, 0.5) is 17.6 Å². The fourth-order valence-corrected chi connectivity index (χ4v) is 3.96. The van der Waals surface area contributed by atoms with Crippen LogP contribution in [-0.4, -0.2) is 29.4 Å². The van der Waals surface area contributed by atoms with Crippen molar-refractivity contribution in [1.29, 1.82) is 0 Å². The molecule has 0 aliphatic carbocycles. The number of aryl methyl sites for hydroxylation is 1. The molecular weight excluding hydrogens is 344 g/mol. The highest BCUT2D eigenvalue weighted by molar-refractivity contribution is 5.85. The summed E-state index contributed by atoms with van der Waals surface area (Å²) in [5.41, 5.74) is 2.66. The highest BCUT2D eigenvalue weighted by Gasteiger charge is 2.36. The molecule has 1 unspecified atom stereocenters. The number of rotatable bonds is 3. The van der Waals surface area contributed by atoms with Gasteiger partial charge in [-0.15, -0.1) is 0 Å². The number of hydrogen-bond acceptors (Lipinski definition) is 1. The summed E-state index contributed by atoms with van der Waals surface area (Å²) in [6.07, 6.45) is -2.03. The minimum atomic E-state index is -2.58. The molecule has 0 fully saturated rings. The number of fused-ring (bicyclic) bond motifs is 3. The molecule has 0 bridgehead atoms. The zero-order valence-electron chi connectivity index (χ0n) is 14.2. The van der Waals surface area contributed by atoms with E-state index in [4.69, 9.17) is 0 Å². The maximum Gasteiger partial charge on any atom is 0.251 e. The molecule has 1 N–H and O–H groups in total. The fraction of sp³-hybridized carbons (Fsp3) is 0.300. The van der Waals surface area contributed by atoms with Crippen LogP contribution in [0, 0.1) is 18.6 Å². The number of halogens is 4. The molecule has 136 valence electrons. The van der Waals surface area contributed by atoms with Gasteiger partial charge in [0.15, 0.2) is 0 Å². The van der Waals surface area contributed by atoms with Gasteiger partial charge in [-0.2, -0.15) is 0 Å². The predicted molar refractivity (Wildman–Crippen MR) is 92.5 cm³/mol. The summed E-state index contributed by atoms with van der Waals surface area (Å²) < 4.78 is 55.6. The van der Waals surface area contributed by atoms with Crippen molar-refractivity contribution in [2.75, 3.05) is 13.1 Å². The zero-order valence-corrected chi connectivity index (χ0v) is 14.2. The average Bonchev–Trinajstić information content (AvgIpc) is 2.94. The van der Waals surface area contributed by atoms with E-state index >= 15 is 0 Å². The zero-order chi connectivity index (χ0) is 18.4. The maximum atomic E-state index is 14.7. The Balaban J connectivity index is 1.94. The Morgan fingerprint density at radius 3 is 2.54 bits per heavy atom. The Hall–Kier alpha value is -2.34. The molecule has 0 spiro atoms. The summed E-state index contributed by atoms with van der Waals surface area (Å²) in [5.74, 6) is -1.42. The number of benzene rings is 2. The Labute approximate surface area is 148 Å². The van der Waals surface area contributed by atoms with Gasteiger partial charge in [0.25, 0.3) is 6.43 Å². The summed E-state index contributed by atoms with van der Waals surface area (Å²) >= 11 is 0. The first-order valence-corrected chi connectivity index (χ1v) is 8.53. The molecule has 0 radical (unpaired) electrons. The average molecular weight is 362 g/mol. The molecule has 4 rings (SSSR count). The van der Waals surface area contributed by atoms with Crippen LogP contribution in [0.25, 0.3) is 10.9 Å². The maximum absolute atomic E-state index is 14.7. The van der Waals surface area contributed by atoms with E-state index in [0.29, 0.717) is 24.2 Å². The highest BCUT2D eigenvalue weighted by atomic mass is 19.3. The monoisotopic (exact) mass is 362 g/mol. The van der Waals surface area contributed by atoms with Crippen molar-refractivity contribution in [2.45, 2.75) is 25.8 Å². The van der Waals surface area contributed by atoms with Gasteiger partial charge in [-0.1, -0.05) is 18.2 Å². The SMILES string of the molecule is Cc1cc(F)c(C2c3[nH]c4ccccc4c3CCN2CC(F)F)c(F)c1. The number of nitrogens with zero attached hydrogens (tertiary/aromatic N) is 1. The van der Waals surface area contributed by atoms with Crippen LogP contribution in [-0.2, 0) is 6.42 Å². The Morgan fingerprint density at radius 2 is 1.85 bits per heavy atom. The molecule has 0 amide bonds. The minimum absolute atomic E-state index is 0.177. The van der Waals surface area contributed by atoms with Gasteiger partial charge in [0, 0.05) is 28.7 Å². The lowest BCUT2D eigenvalue weighted by Gasteiger charge is -2.36. The lowest BCUT2D eigenvalue weighted by Crippen LogP contribution is -2.39. The smallest absolute Gasteiger partial charge is 0.251 e. The van der Waals surface area contributed by atoms with Gasteiger partial charge in [0.05, 0.1) is 12.6 Å². The molecule has 0 saturated carbocycles. The summed E-state index contributed by atoms with van der Waals surface area (Å²) in [7, 11) is 0. The van der Waals surface area contributed by atoms with Crippen molar-refractivity contribution in [3.8, 4) is 0 Å². The molecule has 2 aromatic carbocycles. The van der Waals surface area contributed by atoms with Gasteiger partial charge in [0.1, 0.15) is 11.6 Å². The summed E-state index contributed by atoms with van der Waals surface area (Å²) in [5, 5.41) is 0.970. The number of nitrogens with one attached hydrogen (secondary N) is 1. The van der Waals surface area contributed by atoms with Gasteiger partial charge in [-0.3, -0.25) is 4.90 Å². The van der Waals surface area contributed by atoms with E-state index in [9.17, 15) is 17.6 Å². The third-order valence-electron chi connectivity index (χ3n) is 5.00. The van der Waals surface area contributed by atoms with Gasteiger partial charge in [-0.25, -0.2) is 17.6 Å². The highest BCUT2D eigenvalue weighted by Crippen LogP contribution is 2.40. The predicted octanol–water partition coefficient (Wildman–Crippen LogP) is 4.97. The second kappa shape index (κ2) is 6.43. The van der Waals surface area contributed by atoms with Crippen LogP contribution in [0.1, 0.15) is 28.4 Å². The number of alkyl halides is 2. The van der Waals surface area contributed by atoms with Gasteiger partial charge in [-0.05, 0) is 42.7 Å². The number of aromatic amines is 1. The minimum Gasteiger partial charge on any atom is -0.357 e. The number of aromatic nitrogens is 1. The number of para-hydroxylation sites is 1. The molecule has 1 aromatic heterocycles. The van der Waals surface area contributed by atoms with Crippen LogP contribution in [0.15, 0.2) is 36.4 Å². The standard InChI is InChI=1S/C20H18F4N2/c1-11-8-14(21)18(15(22)9-11)20-19-13(6-7-26(20)10-17(23)24)12-4-2-3-5-16(12)25-19/h2-5,8-9,17,20,25H,6-7,10H2,1H3.